The highest BCUT2D eigenvalue weighted by atomic mass is 32.2. The molecule has 0 aliphatic heterocycles. The van der Waals surface area contributed by atoms with Gasteiger partial charge in [0.05, 0.1) is 25.6 Å². The molecule has 0 radical (unpaired) electrons. The number of aromatic nitrogens is 2. The number of methoxy groups -OCH3 is 1. The number of aliphatic hydroxyl groups is 1. The van der Waals surface area contributed by atoms with E-state index >= 15 is 0 Å². The maximum Gasteiger partial charge on any atom is 0.168 e. The van der Waals surface area contributed by atoms with Crippen LogP contribution in [-0.4, -0.2) is 27.5 Å². The molecule has 0 atom stereocenters. The Labute approximate surface area is 123 Å². The molecule has 0 aliphatic rings. The zero-order valence-electron chi connectivity index (χ0n) is 11.5. The second-order valence-electron chi connectivity index (χ2n) is 4.22. The summed E-state index contributed by atoms with van der Waals surface area (Å²) < 4.78 is 7.18. The van der Waals surface area contributed by atoms with Gasteiger partial charge in [0, 0.05) is 12.3 Å². The Morgan fingerprint density at radius 3 is 2.75 bits per heavy atom. The number of nitrogens with zero attached hydrogens (tertiary/aromatic N) is 2. The Morgan fingerprint density at radius 2 is 2.15 bits per heavy atom. The maximum atomic E-state index is 9.41. The molecule has 0 aliphatic carbocycles. The van der Waals surface area contributed by atoms with Crippen molar-refractivity contribution >= 4 is 11.8 Å². The van der Waals surface area contributed by atoms with Crippen LogP contribution < -0.4 is 4.74 Å². The standard InChI is InChI=1S/C15H18N2O2S/c1-3-8-20-15-16-9-13(11-18)17(15)10-12-4-6-14(19-2)7-5-12/h3-7,9,18H,1,8,10-11H2,2H3. The van der Waals surface area contributed by atoms with Crippen LogP contribution in [-0.2, 0) is 13.2 Å². The van der Waals surface area contributed by atoms with Gasteiger partial charge in [-0.05, 0) is 17.7 Å². The molecule has 1 heterocycles. The molecular weight excluding hydrogens is 272 g/mol. The Kier molecular flexibility index (Phi) is 5.26. The number of rotatable bonds is 7. The van der Waals surface area contributed by atoms with Crippen LogP contribution in [0.3, 0.4) is 0 Å². The number of hydrogen-bond acceptors (Lipinski definition) is 4. The Hall–Kier alpha value is -1.72. The van der Waals surface area contributed by atoms with Crippen LogP contribution in [0.5, 0.6) is 5.75 Å². The third-order valence-electron chi connectivity index (χ3n) is 2.89. The van der Waals surface area contributed by atoms with E-state index in [1.807, 2.05) is 34.9 Å². The fraction of sp³-hybridized carbons (Fsp3) is 0.267. The average Bonchev–Trinajstić information content (AvgIpc) is 2.88. The zero-order valence-corrected chi connectivity index (χ0v) is 12.3. The minimum atomic E-state index is -0.0161. The molecule has 0 bridgehead atoms. The van der Waals surface area contributed by atoms with Crippen LogP contribution in [0.1, 0.15) is 11.3 Å². The predicted molar refractivity (Wildman–Crippen MR) is 81.2 cm³/mol. The molecule has 1 aromatic heterocycles. The third-order valence-corrected chi connectivity index (χ3v) is 3.88. The van der Waals surface area contributed by atoms with Crippen molar-refractivity contribution in [2.24, 2.45) is 0 Å². The molecule has 0 fully saturated rings. The Bertz CT molecular complexity index is 564. The van der Waals surface area contributed by atoms with Crippen molar-refractivity contribution in [2.45, 2.75) is 18.3 Å². The third kappa shape index (κ3) is 3.43. The summed E-state index contributed by atoms with van der Waals surface area (Å²) in [4.78, 5) is 4.35. The number of aliphatic hydroxyl groups excluding tert-OH is 1. The van der Waals surface area contributed by atoms with Gasteiger partial charge in [0.2, 0.25) is 0 Å². The molecule has 4 nitrogen and oxygen atoms in total. The summed E-state index contributed by atoms with van der Waals surface area (Å²) in [5, 5.41) is 10.3. The molecule has 0 amide bonds. The van der Waals surface area contributed by atoms with E-state index in [4.69, 9.17) is 4.74 Å². The van der Waals surface area contributed by atoms with E-state index in [2.05, 4.69) is 11.6 Å². The van der Waals surface area contributed by atoms with Gasteiger partial charge in [-0.2, -0.15) is 0 Å². The summed E-state index contributed by atoms with van der Waals surface area (Å²) in [6.07, 6.45) is 3.56. The molecule has 0 spiro atoms. The molecule has 106 valence electrons. The molecule has 5 heteroatoms. The van der Waals surface area contributed by atoms with Gasteiger partial charge in [-0.1, -0.05) is 30.0 Å². The van der Waals surface area contributed by atoms with Crippen molar-refractivity contribution in [1.29, 1.82) is 0 Å². The first kappa shape index (κ1) is 14.7. The molecule has 1 aromatic carbocycles. The minimum Gasteiger partial charge on any atom is -0.497 e. The van der Waals surface area contributed by atoms with Crippen molar-refractivity contribution in [3.8, 4) is 5.75 Å². The summed E-state index contributed by atoms with van der Waals surface area (Å²) >= 11 is 1.61. The summed E-state index contributed by atoms with van der Waals surface area (Å²) in [5.74, 6) is 1.63. The smallest absolute Gasteiger partial charge is 0.168 e. The fourth-order valence-electron chi connectivity index (χ4n) is 1.85. The molecule has 2 aromatic rings. The SMILES string of the molecule is C=CCSc1ncc(CO)n1Cc1ccc(OC)cc1. The lowest BCUT2D eigenvalue weighted by molar-refractivity contribution is 0.270. The minimum absolute atomic E-state index is 0.0161. The lowest BCUT2D eigenvalue weighted by Gasteiger charge is -2.10. The number of ether oxygens (including phenoxy) is 1. The van der Waals surface area contributed by atoms with E-state index in [0.29, 0.717) is 6.54 Å². The fourth-order valence-corrected chi connectivity index (χ4v) is 2.58. The summed E-state index contributed by atoms with van der Waals surface area (Å²) in [5.41, 5.74) is 1.95. The van der Waals surface area contributed by atoms with Gasteiger partial charge in [0.15, 0.2) is 5.16 Å². The molecule has 20 heavy (non-hydrogen) atoms. The van der Waals surface area contributed by atoms with Gasteiger partial charge < -0.3 is 14.4 Å². The maximum absolute atomic E-state index is 9.41. The molecule has 2 rings (SSSR count). The lowest BCUT2D eigenvalue weighted by atomic mass is 10.2. The highest BCUT2D eigenvalue weighted by molar-refractivity contribution is 7.99. The molecular formula is C15H18N2O2S. The number of hydrogen-bond donors (Lipinski definition) is 1. The molecule has 1 N–H and O–H groups in total. The van der Waals surface area contributed by atoms with E-state index in [1.165, 1.54) is 0 Å². The second-order valence-corrected chi connectivity index (χ2v) is 5.21. The van der Waals surface area contributed by atoms with E-state index < -0.39 is 0 Å². The van der Waals surface area contributed by atoms with Crippen molar-refractivity contribution in [1.82, 2.24) is 9.55 Å². The molecule has 0 saturated carbocycles. The first-order valence-corrected chi connectivity index (χ1v) is 7.29. The first-order valence-electron chi connectivity index (χ1n) is 6.30. The highest BCUT2D eigenvalue weighted by Crippen LogP contribution is 2.21. The van der Waals surface area contributed by atoms with Crippen molar-refractivity contribution in [3.63, 3.8) is 0 Å². The van der Waals surface area contributed by atoms with Crippen molar-refractivity contribution in [3.05, 3.63) is 54.4 Å². The van der Waals surface area contributed by atoms with Gasteiger partial charge in [-0.3, -0.25) is 0 Å². The Morgan fingerprint density at radius 1 is 1.40 bits per heavy atom. The van der Waals surface area contributed by atoms with Gasteiger partial charge in [0.25, 0.3) is 0 Å². The van der Waals surface area contributed by atoms with Crippen LogP contribution >= 0.6 is 11.8 Å². The summed E-state index contributed by atoms with van der Waals surface area (Å²) in [7, 11) is 1.65. The normalized spacial score (nSPS) is 10.5. The lowest BCUT2D eigenvalue weighted by Crippen LogP contribution is -2.06. The average molecular weight is 290 g/mol. The van der Waals surface area contributed by atoms with Crippen LogP contribution in [0, 0.1) is 0 Å². The van der Waals surface area contributed by atoms with Gasteiger partial charge in [0.1, 0.15) is 5.75 Å². The van der Waals surface area contributed by atoms with E-state index in [9.17, 15) is 5.11 Å². The summed E-state index contributed by atoms with van der Waals surface area (Å²) in [6, 6.07) is 7.90. The quantitative estimate of drug-likeness (QED) is 0.629. The van der Waals surface area contributed by atoms with Crippen LogP contribution in [0.4, 0.5) is 0 Å². The van der Waals surface area contributed by atoms with Crippen LogP contribution in [0.25, 0.3) is 0 Å². The topological polar surface area (TPSA) is 47.3 Å². The molecule has 0 saturated heterocycles. The van der Waals surface area contributed by atoms with E-state index in [-0.39, 0.29) is 6.61 Å². The van der Waals surface area contributed by atoms with Crippen LogP contribution in [0.2, 0.25) is 0 Å². The largest absolute Gasteiger partial charge is 0.497 e. The second kappa shape index (κ2) is 7.17. The monoisotopic (exact) mass is 290 g/mol. The Balaban J connectivity index is 2.21. The highest BCUT2D eigenvalue weighted by Gasteiger charge is 2.10. The van der Waals surface area contributed by atoms with Crippen LogP contribution in [0.15, 0.2) is 48.3 Å². The van der Waals surface area contributed by atoms with Gasteiger partial charge >= 0.3 is 0 Å². The zero-order chi connectivity index (χ0) is 14.4. The van der Waals surface area contributed by atoms with E-state index in [1.54, 1.807) is 25.1 Å². The number of benzene rings is 1. The molecule has 0 unspecified atom stereocenters. The summed E-state index contributed by atoms with van der Waals surface area (Å²) in [6.45, 7) is 4.38. The first-order chi connectivity index (χ1) is 9.78. The van der Waals surface area contributed by atoms with Crippen molar-refractivity contribution in [2.75, 3.05) is 12.9 Å². The van der Waals surface area contributed by atoms with Crippen molar-refractivity contribution < 1.29 is 9.84 Å². The predicted octanol–water partition coefficient (Wildman–Crippen LogP) is 2.71. The number of imidazole rings is 1. The van der Waals surface area contributed by atoms with E-state index in [0.717, 1.165) is 27.9 Å². The van der Waals surface area contributed by atoms with Gasteiger partial charge in [-0.25, -0.2) is 4.98 Å². The van der Waals surface area contributed by atoms with Gasteiger partial charge in [-0.15, -0.1) is 6.58 Å². The number of thioether (sulfide) groups is 1.